The molecule has 0 unspecified atom stereocenters. The van der Waals surface area contributed by atoms with Crippen LogP contribution in [0.5, 0.6) is 11.5 Å². The summed E-state index contributed by atoms with van der Waals surface area (Å²) in [6.07, 6.45) is 0. The Labute approximate surface area is 191 Å². The first kappa shape index (κ1) is 20.8. The van der Waals surface area contributed by atoms with Crippen LogP contribution in [0.2, 0.25) is 0 Å². The lowest BCUT2D eigenvalue weighted by Crippen LogP contribution is -2.17. The van der Waals surface area contributed by atoms with Gasteiger partial charge in [-0.2, -0.15) is 0 Å². The summed E-state index contributed by atoms with van der Waals surface area (Å²) in [4.78, 5) is 12.9. The molecule has 7 nitrogen and oxygen atoms in total. The van der Waals surface area contributed by atoms with Crippen LogP contribution in [0.25, 0.3) is 10.8 Å². The monoisotopic (exact) mass is 460 g/mol. The second-order valence-electron chi connectivity index (χ2n) is 7.47. The van der Waals surface area contributed by atoms with Crippen molar-refractivity contribution >= 4 is 38.1 Å². The Balaban J connectivity index is 1.31. The highest BCUT2D eigenvalue weighted by Gasteiger charge is 2.19. The Kier molecular flexibility index (Phi) is 5.35. The van der Waals surface area contributed by atoms with Gasteiger partial charge >= 0.3 is 0 Å². The fourth-order valence-corrected chi connectivity index (χ4v) is 4.72. The molecule has 1 amide bonds. The summed E-state index contributed by atoms with van der Waals surface area (Å²) in [7, 11) is -3.82. The standard InChI is InChI=1S/C25H20N2O5S/c28-25(22-7-3-5-17-4-1-2-6-21(17)22)26-18-8-10-19(11-9-18)27-33(29,30)20-12-13-23-24(16-20)32-15-14-31-23/h1-13,16,27H,14-15H2,(H,26,28). The van der Waals surface area contributed by atoms with Gasteiger partial charge in [-0.15, -0.1) is 0 Å². The van der Waals surface area contributed by atoms with Crippen LogP contribution in [0.4, 0.5) is 11.4 Å². The third-order valence-electron chi connectivity index (χ3n) is 5.25. The Bertz CT molecular complexity index is 1440. The zero-order valence-corrected chi connectivity index (χ0v) is 18.3. The molecule has 0 saturated heterocycles. The van der Waals surface area contributed by atoms with Crippen molar-refractivity contribution in [3.63, 3.8) is 0 Å². The molecule has 4 aromatic rings. The molecular weight excluding hydrogens is 440 g/mol. The van der Waals surface area contributed by atoms with E-state index in [0.717, 1.165) is 10.8 Å². The van der Waals surface area contributed by atoms with Gasteiger partial charge in [0, 0.05) is 23.0 Å². The van der Waals surface area contributed by atoms with Crippen LogP contribution in [-0.4, -0.2) is 27.5 Å². The van der Waals surface area contributed by atoms with E-state index in [9.17, 15) is 13.2 Å². The van der Waals surface area contributed by atoms with Crippen LogP contribution in [-0.2, 0) is 10.0 Å². The molecule has 0 aliphatic carbocycles. The third kappa shape index (κ3) is 4.33. The first-order valence-electron chi connectivity index (χ1n) is 10.3. The number of benzene rings is 4. The number of ether oxygens (including phenoxy) is 2. The molecule has 0 radical (unpaired) electrons. The molecule has 0 saturated carbocycles. The molecular formula is C25H20N2O5S. The van der Waals surface area contributed by atoms with Gasteiger partial charge < -0.3 is 14.8 Å². The summed E-state index contributed by atoms with van der Waals surface area (Å²) in [5, 5.41) is 4.70. The minimum Gasteiger partial charge on any atom is -0.486 e. The maximum atomic E-state index is 12.8. The van der Waals surface area contributed by atoms with E-state index in [0.29, 0.717) is 41.7 Å². The van der Waals surface area contributed by atoms with Crippen molar-refractivity contribution in [2.24, 2.45) is 0 Å². The number of carbonyl (C=O) groups excluding carboxylic acids is 1. The molecule has 33 heavy (non-hydrogen) atoms. The van der Waals surface area contributed by atoms with E-state index in [-0.39, 0.29) is 10.8 Å². The van der Waals surface area contributed by atoms with Crippen molar-refractivity contribution in [1.29, 1.82) is 0 Å². The maximum Gasteiger partial charge on any atom is 0.262 e. The van der Waals surface area contributed by atoms with Crippen molar-refractivity contribution < 1.29 is 22.7 Å². The Morgan fingerprint density at radius 2 is 1.45 bits per heavy atom. The number of sulfonamides is 1. The zero-order chi connectivity index (χ0) is 22.8. The highest BCUT2D eigenvalue weighted by atomic mass is 32.2. The number of nitrogens with one attached hydrogen (secondary N) is 2. The molecule has 5 rings (SSSR count). The number of amides is 1. The van der Waals surface area contributed by atoms with E-state index < -0.39 is 10.0 Å². The maximum absolute atomic E-state index is 12.8. The lowest BCUT2D eigenvalue weighted by molar-refractivity contribution is 0.102. The van der Waals surface area contributed by atoms with Gasteiger partial charge in [-0.05, 0) is 53.2 Å². The normalized spacial score (nSPS) is 12.8. The first-order valence-corrected chi connectivity index (χ1v) is 11.8. The minimum absolute atomic E-state index is 0.0695. The van der Waals surface area contributed by atoms with E-state index in [1.165, 1.54) is 12.1 Å². The smallest absolute Gasteiger partial charge is 0.262 e. The Morgan fingerprint density at radius 1 is 0.758 bits per heavy atom. The van der Waals surface area contributed by atoms with Crippen LogP contribution in [0.3, 0.4) is 0 Å². The number of anilines is 2. The minimum atomic E-state index is -3.82. The van der Waals surface area contributed by atoms with Gasteiger partial charge in [0.15, 0.2) is 11.5 Å². The summed E-state index contributed by atoms with van der Waals surface area (Å²) in [6, 6.07) is 24.2. The molecule has 0 atom stereocenters. The summed E-state index contributed by atoms with van der Waals surface area (Å²) in [5.74, 6) is 0.679. The summed E-state index contributed by atoms with van der Waals surface area (Å²) in [6.45, 7) is 0.802. The summed E-state index contributed by atoms with van der Waals surface area (Å²) in [5.41, 5.74) is 1.49. The van der Waals surface area contributed by atoms with Gasteiger partial charge in [0.25, 0.3) is 15.9 Å². The van der Waals surface area contributed by atoms with Gasteiger partial charge in [-0.25, -0.2) is 8.42 Å². The molecule has 0 bridgehead atoms. The molecule has 166 valence electrons. The highest BCUT2D eigenvalue weighted by Crippen LogP contribution is 2.33. The predicted octanol–water partition coefficient (Wildman–Crippen LogP) is 4.66. The Morgan fingerprint density at radius 3 is 2.27 bits per heavy atom. The van der Waals surface area contributed by atoms with Crippen LogP contribution in [0.1, 0.15) is 10.4 Å². The zero-order valence-electron chi connectivity index (χ0n) is 17.4. The van der Waals surface area contributed by atoms with Gasteiger partial charge in [-0.1, -0.05) is 36.4 Å². The van der Waals surface area contributed by atoms with Crippen molar-refractivity contribution in [2.75, 3.05) is 23.3 Å². The van der Waals surface area contributed by atoms with E-state index in [1.807, 2.05) is 36.4 Å². The highest BCUT2D eigenvalue weighted by molar-refractivity contribution is 7.92. The molecule has 4 aromatic carbocycles. The van der Waals surface area contributed by atoms with Gasteiger partial charge in [0.2, 0.25) is 0 Å². The molecule has 0 spiro atoms. The molecule has 8 heteroatoms. The lowest BCUT2D eigenvalue weighted by atomic mass is 10.0. The van der Waals surface area contributed by atoms with Gasteiger partial charge in [-0.3, -0.25) is 9.52 Å². The fourth-order valence-electron chi connectivity index (χ4n) is 3.65. The van der Waals surface area contributed by atoms with Crippen molar-refractivity contribution in [1.82, 2.24) is 0 Å². The van der Waals surface area contributed by atoms with Crippen LogP contribution < -0.4 is 19.5 Å². The first-order chi connectivity index (χ1) is 16.0. The summed E-state index contributed by atoms with van der Waals surface area (Å²) >= 11 is 0. The average Bonchev–Trinajstić information content (AvgIpc) is 2.84. The van der Waals surface area contributed by atoms with Crippen LogP contribution >= 0.6 is 0 Å². The molecule has 1 aliphatic rings. The van der Waals surface area contributed by atoms with Crippen LogP contribution in [0, 0.1) is 0 Å². The number of hydrogen-bond donors (Lipinski definition) is 2. The van der Waals surface area contributed by atoms with Crippen LogP contribution in [0.15, 0.2) is 89.8 Å². The quantitative estimate of drug-likeness (QED) is 0.452. The SMILES string of the molecule is O=C(Nc1ccc(NS(=O)(=O)c2ccc3c(c2)OCCO3)cc1)c1cccc2ccccc12. The van der Waals surface area contributed by atoms with E-state index in [4.69, 9.17) is 9.47 Å². The molecule has 1 aliphatic heterocycles. The van der Waals surface area contributed by atoms with E-state index in [1.54, 1.807) is 36.4 Å². The lowest BCUT2D eigenvalue weighted by Gasteiger charge is -2.19. The topological polar surface area (TPSA) is 93.7 Å². The van der Waals surface area contributed by atoms with Crippen molar-refractivity contribution in [3.8, 4) is 11.5 Å². The second-order valence-corrected chi connectivity index (χ2v) is 9.15. The average molecular weight is 461 g/mol. The van der Waals surface area contributed by atoms with Gasteiger partial charge in [0.1, 0.15) is 13.2 Å². The molecule has 2 N–H and O–H groups in total. The van der Waals surface area contributed by atoms with Crippen molar-refractivity contribution in [3.05, 3.63) is 90.5 Å². The number of hydrogen-bond acceptors (Lipinski definition) is 5. The second kappa shape index (κ2) is 8.48. The predicted molar refractivity (Wildman–Crippen MR) is 127 cm³/mol. The Hall–Kier alpha value is -4.04. The molecule has 0 aromatic heterocycles. The van der Waals surface area contributed by atoms with E-state index >= 15 is 0 Å². The number of carbonyl (C=O) groups is 1. The van der Waals surface area contributed by atoms with Gasteiger partial charge in [0.05, 0.1) is 4.90 Å². The number of fused-ring (bicyclic) bond motifs is 2. The largest absolute Gasteiger partial charge is 0.486 e. The fraction of sp³-hybridized carbons (Fsp3) is 0.0800. The summed E-state index contributed by atoms with van der Waals surface area (Å²) < 4.78 is 39.0. The molecule has 1 heterocycles. The number of rotatable bonds is 5. The van der Waals surface area contributed by atoms with Crippen molar-refractivity contribution in [2.45, 2.75) is 4.90 Å². The molecule has 0 fully saturated rings. The van der Waals surface area contributed by atoms with E-state index in [2.05, 4.69) is 10.0 Å². The third-order valence-corrected chi connectivity index (χ3v) is 6.63.